The van der Waals surface area contributed by atoms with Crippen molar-refractivity contribution in [1.82, 2.24) is 9.78 Å². The molecular formula is C16H20N2O. The minimum Gasteiger partial charge on any atom is -0.294 e. The molecule has 1 heterocycles. The molecule has 0 fully saturated rings. The lowest BCUT2D eigenvalue weighted by Crippen LogP contribution is -2.11. The molecule has 0 unspecified atom stereocenters. The van der Waals surface area contributed by atoms with E-state index in [-0.39, 0.29) is 11.2 Å². The normalized spacial score (nSPS) is 11.6. The number of hydrogen-bond acceptors (Lipinski definition) is 2. The van der Waals surface area contributed by atoms with E-state index >= 15 is 0 Å². The summed E-state index contributed by atoms with van der Waals surface area (Å²) < 4.78 is 1.71. The monoisotopic (exact) mass is 256 g/mol. The largest absolute Gasteiger partial charge is 0.294 e. The first-order valence-corrected chi connectivity index (χ1v) is 6.48. The lowest BCUT2D eigenvalue weighted by Gasteiger charge is -2.18. The summed E-state index contributed by atoms with van der Waals surface area (Å²) in [6, 6.07) is 9.76. The number of rotatable bonds is 3. The highest BCUT2D eigenvalue weighted by Crippen LogP contribution is 2.22. The number of ketones is 1. The Labute approximate surface area is 114 Å². The quantitative estimate of drug-likeness (QED) is 0.791. The molecule has 3 heteroatoms. The Morgan fingerprint density at radius 3 is 2.26 bits per heavy atom. The van der Waals surface area contributed by atoms with Gasteiger partial charge in [-0.05, 0) is 17.0 Å². The SMILES string of the molecule is Cn1ccc(CC(=O)c2ccc(C(C)(C)C)cc2)n1. The van der Waals surface area contributed by atoms with Crippen LogP contribution in [0.2, 0.25) is 0 Å². The van der Waals surface area contributed by atoms with Crippen molar-refractivity contribution in [3.05, 3.63) is 53.3 Å². The predicted octanol–water partition coefficient (Wildman–Crippen LogP) is 3.14. The van der Waals surface area contributed by atoms with Crippen molar-refractivity contribution in [1.29, 1.82) is 0 Å². The van der Waals surface area contributed by atoms with Crippen LogP contribution in [0.1, 0.15) is 42.4 Å². The smallest absolute Gasteiger partial charge is 0.168 e. The molecule has 2 aromatic rings. The molecule has 0 saturated heterocycles. The summed E-state index contributed by atoms with van der Waals surface area (Å²) >= 11 is 0. The van der Waals surface area contributed by atoms with E-state index in [1.54, 1.807) is 4.68 Å². The van der Waals surface area contributed by atoms with Gasteiger partial charge in [-0.2, -0.15) is 5.10 Å². The van der Waals surface area contributed by atoms with Crippen LogP contribution in [-0.4, -0.2) is 15.6 Å². The molecule has 0 N–H and O–H groups in total. The van der Waals surface area contributed by atoms with Crippen molar-refractivity contribution in [3.8, 4) is 0 Å². The Bertz CT molecular complexity index is 574. The van der Waals surface area contributed by atoms with Crippen molar-refractivity contribution in [2.75, 3.05) is 0 Å². The van der Waals surface area contributed by atoms with Crippen LogP contribution in [0.3, 0.4) is 0 Å². The second-order valence-corrected chi connectivity index (χ2v) is 5.91. The van der Waals surface area contributed by atoms with Crippen LogP contribution in [0.15, 0.2) is 36.5 Å². The van der Waals surface area contributed by atoms with E-state index in [1.807, 2.05) is 43.6 Å². The lowest BCUT2D eigenvalue weighted by molar-refractivity contribution is 0.0991. The van der Waals surface area contributed by atoms with Gasteiger partial charge in [0.05, 0.1) is 12.1 Å². The lowest BCUT2D eigenvalue weighted by atomic mass is 9.86. The first kappa shape index (κ1) is 13.5. The summed E-state index contributed by atoms with van der Waals surface area (Å²) in [6.07, 6.45) is 2.21. The summed E-state index contributed by atoms with van der Waals surface area (Å²) in [5.41, 5.74) is 2.91. The Morgan fingerprint density at radius 2 is 1.79 bits per heavy atom. The zero-order valence-electron chi connectivity index (χ0n) is 12.0. The van der Waals surface area contributed by atoms with Crippen LogP contribution < -0.4 is 0 Å². The zero-order chi connectivity index (χ0) is 14.0. The van der Waals surface area contributed by atoms with E-state index < -0.39 is 0 Å². The van der Waals surface area contributed by atoms with Crippen molar-refractivity contribution < 1.29 is 4.79 Å². The van der Waals surface area contributed by atoms with Gasteiger partial charge >= 0.3 is 0 Å². The number of aryl methyl sites for hydroxylation is 1. The van der Waals surface area contributed by atoms with Gasteiger partial charge in [-0.15, -0.1) is 0 Å². The highest BCUT2D eigenvalue weighted by atomic mass is 16.1. The summed E-state index contributed by atoms with van der Waals surface area (Å²) in [5.74, 6) is 0.110. The third-order valence-corrected chi connectivity index (χ3v) is 3.18. The van der Waals surface area contributed by atoms with Gasteiger partial charge in [0, 0.05) is 18.8 Å². The van der Waals surface area contributed by atoms with Crippen LogP contribution >= 0.6 is 0 Å². The fraction of sp³-hybridized carbons (Fsp3) is 0.375. The van der Waals surface area contributed by atoms with E-state index in [1.165, 1.54) is 5.56 Å². The summed E-state index contributed by atoms with van der Waals surface area (Å²) in [5, 5.41) is 4.23. The molecule has 0 spiro atoms. The van der Waals surface area contributed by atoms with E-state index in [0.29, 0.717) is 6.42 Å². The topological polar surface area (TPSA) is 34.9 Å². The summed E-state index contributed by atoms with van der Waals surface area (Å²) in [6.45, 7) is 6.49. The Morgan fingerprint density at radius 1 is 1.16 bits per heavy atom. The molecule has 0 bridgehead atoms. The van der Waals surface area contributed by atoms with Gasteiger partial charge in [0.1, 0.15) is 0 Å². The molecular weight excluding hydrogens is 236 g/mol. The second kappa shape index (κ2) is 5.00. The Balaban J connectivity index is 2.12. The van der Waals surface area contributed by atoms with Crippen molar-refractivity contribution in [3.63, 3.8) is 0 Å². The van der Waals surface area contributed by atoms with Crippen LogP contribution in [0.5, 0.6) is 0 Å². The zero-order valence-corrected chi connectivity index (χ0v) is 12.0. The maximum atomic E-state index is 12.1. The van der Waals surface area contributed by atoms with Gasteiger partial charge in [-0.3, -0.25) is 9.48 Å². The molecule has 0 amide bonds. The minimum atomic E-state index is 0.110. The average molecular weight is 256 g/mol. The molecule has 1 aromatic carbocycles. The summed E-state index contributed by atoms with van der Waals surface area (Å²) in [4.78, 5) is 12.1. The molecule has 0 saturated carbocycles. The number of carbonyl (C=O) groups excluding carboxylic acids is 1. The Kier molecular flexibility index (Phi) is 3.56. The predicted molar refractivity (Wildman–Crippen MR) is 76.4 cm³/mol. The molecule has 0 atom stereocenters. The average Bonchev–Trinajstić information content (AvgIpc) is 2.74. The van der Waals surface area contributed by atoms with Gasteiger partial charge in [0.25, 0.3) is 0 Å². The van der Waals surface area contributed by atoms with Crippen LogP contribution in [0.4, 0.5) is 0 Å². The number of Topliss-reactive ketones (excluding diaryl/α,β-unsaturated/α-hetero) is 1. The van der Waals surface area contributed by atoms with Crippen LogP contribution in [-0.2, 0) is 18.9 Å². The molecule has 1 aromatic heterocycles. The van der Waals surface area contributed by atoms with Crippen molar-refractivity contribution in [2.45, 2.75) is 32.6 Å². The third kappa shape index (κ3) is 3.31. The first-order chi connectivity index (χ1) is 8.86. The molecule has 0 aliphatic heterocycles. The number of benzene rings is 1. The summed E-state index contributed by atoms with van der Waals surface area (Å²) in [7, 11) is 1.85. The van der Waals surface area contributed by atoms with Crippen LogP contribution in [0, 0.1) is 0 Å². The van der Waals surface area contributed by atoms with Gasteiger partial charge < -0.3 is 0 Å². The fourth-order valence-electron chi connectivity index (χ4n) is 1.98. The standard InChI is InChI=1S/C16H20N2O/c1-16(2,3)13-7-5-12(6-8-13)15(19)11-14-9-10-18(4)17-14/h5-10H,11H2,1-4H3. The van der Waals surface area contributed by atoms with E-state index in [2.05, 4.69) is 25.9 Å². The van der Waals surface area contributed by atoms with Gasteiger partial charge in [0.2, 0.25) is 0 Å². The van der Waals surface area contributed by atoms with Crippen molar-refractivity contribution in [2.24, 2.45) is 7.05 Å². The molecule has 0 aliphatic carbocycles. The maximum absolute atomic E-state index is 12.1. The number of hydrogen-bond donors (Lipinski definition) is 0. The molecule has 100 valence electrons. The number of nitrogens with zero attached hydrogens (tertiary/aromatic N) is 2. The maximum Gasteiger partial charge on any atom is 0.168 e. The molecule has 19 heavy (non-hydrogen) atoms. The number of aromatic nitrogens is 2. The van der Waals surface area contributed by atoms with Gasteiger partial charge in [-0.25, -0.2) is 0 Å². The molecule has 3 nitrogen and oxygen atoms in total. The highest BCUT2D eigenvalue weighted by Gasteiger charge is 2.14. The third-order valence-electron chi connectivity index (χ3n) is 3.18. The highest BCUT2D eigenvalue weighted by molar-refractivity contribution is 5.97. The van der Waals surface area contributed by atoms with E-state index in [9.17, 15) is 4.79 Å². The minimum absolute atomic E-state index is 0.110. The van der Waals surface area contributed by atoms with Gasteiger partial charge in [0.15, 0.2) is 5.78 Å². The van der Waals surface area contributed by atoms with E-state index in [4.69, 9.17) is 0 Å². The van der Waals surface area contributed by atoms with E-state index in [0.717, 1.165) is 11.3 Å². The molecule has 0 radical (unpaired) electrons. The van der Waals surface area contributed by atoms with Crippen LogP contribution in [0.25, 0.3) is 0 Å². The molecule has 0 aliphatic rings. The van der Waals surface area contributed by atoms with Gasteiger partial charge in [-0.1, -0.05) is 45.0 Å². The number of carbonyl (C=O) groups is 1. The second-order valence-electron chi connectivity index (χ2n) is 5.91. The molecule has 2 rings (SSSR count). The van der Waals surface area contributed by atoms with Crippen molar-refractivity contribution >= 4 is 5.78 Å². The Hall–Kier alpha value is -1.90. The fourth-order valence-corrected chi connectivity index (χ4v) is 1.98. The first-order valence-electron chi connectivity index (χ1n) is 6.48.